The predicted molar refractivity (Wildman–Crippen MR) is 122 cm³/mol. The number of piperidine rings is 2. The van der Waals surface area contributed by atoms with Crippen LogP contribution in [0.25, 0.3) is 11.0 Å². The van der Waals surface area contributed by atoms with Crippen molar-refractivity contribution in [3.63, 3.8) is 0 Å². The molecule has 0 unspecified atom stereocenters. The SMILES string of the molecule is Cn1c(=O)n(C2CCN(C(=O)C3(F)CCN(Cc4ccnnc4)CC3)CC2)c2ccc(F)cc21. The number of aromatic nitrogens is 4. The number of carbonyl (C=O) groups is 1. The topological polar surface area (TPSA) is 76.3 Å². The van der Waals surface area contributed by atoms with Crippen molar-refractivity contribution in [2.24, 2.45) is 7.05 Å². The monoisotopic (exact) mass is 470 g/mol. The van der Waals surface area contributed by atoms with Crippen LogP contribution in [0.5, 0.6) is 0 Å². The number of halogens is 2. The summed E-state index contributed by atoms with van der Waals surface area (Å²) < 4.78 is 32.5. The van der Waals surface area contributed by atoms with Crippen LogP contribution in [-0.2, 0) is 18.4 Å². The number of aryl methyl sites for hydroxylation is 1. The molecule has 0 atom stereocenters. The number of rotatable bonds is 4. The van der Waals surface area contributed by atoms with Gasteiger partial charge >= 0.3 is 5.69 Å². The van der Waals surface area contributed by atoms with Crippen LogP contribution in [0.15, 0.2) is 41.5 Å². The smallest absolute Gasteiger partial charge is 0.329 e. The zero-order valence-electron chi connectivity index (χ0n) is 19.2. The second kappa shape index (κ2) is 8.90. The number of nitrogens with zero attached hydrogens (tertiary/aromatic N) is 6. The third-order valence-electron chi connectivity index (χ3n) is 7.25. The van der Waals surface area contributed by atoms with Crippen LogP contribution in [0.4, 0.5) is 8.78 Å². The Kier molecular flexibility index (Phi) is 5.93. The third-order valence-corrected chi connectivity index (χ3v) is 7.25. The van der Waals surface area contributed by atoms with Crippen LogP contribution in [-0.4, -0.2) is 66.9 Å². The second-order valence-electron chi connectivity index (χ2n) is 9.36. The molecule has 180 valence electrons. The summed E-state index contributed by atoms with van der Waals surface area (Å²) in [5.74, 6) is -0.832. The number of amides is 1. The maximum absolute atomic E-state index is 15.7. The van der Waals surface area contributed by atoms with Crippen molar-refractivity contribution >= 4 is 16.9 Å². The summed E-state index contributed by atoms with van der Waals surface area (Å²) in [6.07, 6.45) is 4.77. The quantitative estimate of drug-likeness (QED) is 0.586. The van der Waals surface area contributed by atoms with Gasteiger partial charge in [0.1, 0.15) is 5.82 Å². The average molecular weight is 471 g/mol. The van der Waals surface area contributed by atoms with Crippen molar-refractivity contribution in [3.05, 3.63) is 58.5 Å². The number of fused-ring (bicyclic) bond motifs is 1. The molecule has 2 fully saturated rings. The Balaban J connectivity index is 1.22. The molecule has 5 rings (SSSR count). The highest BCUT2D eigenvalue weighted by molar-refractivity contribution is 5.85. The van der Waals surface area contributed by atoms with Gasteiger partial charge in [-0.05, 0) is 42.7 Å². The van der Waals surface area contributed by atoms with Crippen molar-refractivity contribution < 1.29 is 13.6 Å². The molecule has 4 heterocycles. The van der Waals surface area contributed by atoms with Crippen LogP contribution in [0.2, 0.25) is 0 Å². The van der Waals surface area contributed by atoms with Crippen molar-refractivity contribution in [1.82, 2.24) is 29.1 Å². The fourth-order valence-electron chi connectivity index (χ4n) is 5.25. The minimum absolute atomic E-state index is 0.114. The molecule has 2 aliphatic rings. The van der Waals surface area contributed by atoms with Gasteiger partial charge in [0.25, 0.3) is 5.91 Å². The lowest BCUT2D eigenvalue weighted by atomic mass is 9.90. The normalized spacial score (nSPS) is 19.6. The first-order valence-corrected chi connectivity index (χ1v) is 11.7. The number of likely N-dealkylation sites (tertiary alicyclic amines) is 2. The molecule has 0 N–H and O–H groups in total. The lowest BCUT2D eigenvalue weighted by Gasteiger charge is -2.40. The highest BCUT2D eigenvalue weighted by Gasteiger charge is 2.45. The van der Waals surface area contributed by atoms with E-state index < -0.39 is 17.4 Å². The lowest BCUT2D eigenvalue weighted by Crippen LogP contribution is -2.54. The van der Waals surface area contributed by atoms with Gasteiger partial charge in [-0.3, -0.25) is 18.8 Å². The number of hydrogen-bond acceptors (Lipinski definition) is 5. The van der Waals surface area contributed by atoms with Gasteiger partial charge in [-0.15, -0.1) is 0 Å². The zero-order chi connectivity index (χ0) is 23.9. The van der Waals surface area contributed by atoms with Gasteiger partial charge in [-0.25, -0.2) is 13.6 Å². The summed E-state index contributed by atoms with van der Waals surface area (Å²) in [7, 11) is 1.63. The number of carbonyl (C=O) groups excluding carboxylic acids is 1. The van der Waals surface area contributed by atoms with Crippen LogP contribution >= 0.6 is 0 Å². The van der Waals surface area contributed by atoms with Gasteiger partial charge < -0.3 is 4.90 Å². The molecular weight excluding hydrogens is 442 g/mol. The van der Waals surface area contributed by atoms with E-state index in [2.05, 4.69) is 15.1 Å². The summed E-state index contributed by atoms with van der Waals surface area (Å²) in [4.78, 5) is 29.7. The fourth-order valence-corrected chi connectivity index (χ4v) is 5.25. The summed E-state index contributed by atoms with van der Waals surface area (Å²) >= 11 is 0. The van der Waals surface area contributed by atoms with Crippen molar-refractivity contribution in [3.8, 4) is 0 Å². The first-order chi connectivity index (χ1) is 16.4. The van der Waals surface area contributed by atoms with Crippen molar-refractivity contribution in [1.29, 1.82) is 0 Å². The van der Waals surface area contributed by atoms with Gasteiger partial charge in [-0.1, -0.05) is 0 Å². The highest BCUT2D eigenvalue weighted by Crippen LogP contribution is 2.32. The molecule has 8 nitrogen and oxygen atoms in total. The molecule has 1 amide bonds. The van der Waals surface area contributed by atoms with Crippen LogP contribution in [0.1, 0.15) is 37.3 Å². The summed E-state index contributed by atoms with van der Waals surface area (Å²) in [5.41, 5.74) is 0.177. The van der Waals surface area contributed by atoms with Crippen molar-refractivity contribution in [2.75, 3.05) is 26.2 Å². The molecule has 0 aliphatic carbocycles. The van der Waals surface area contributed by atoms with E-state index in [0.717, 1.165) is 5.56 Å². The number of benzene rings is 1. The average Bonchev–Trinajstić information content (AvgIpc) is 3.10. The van der Waals surface area contributed by atoms with Crippen molar-refractivity contribution in [2.45, 2.75) is 43.9 Å². The number of alkyl halides is 1. The van der Waals surface area contributed by atoms with E-state index in [-0.39, 0.29) is 24.6 Å². The maximum atomic E-state index is 15.7. The molecule has 2 saturated heterocycles. The van der Waals surface area contributed by atoms with Gasteiger partial charge in [0, 0.05) is 64.9 Å². The first-order valence-electron chi connectivity index (χ1n) is 11.7. The van der Waals surface area contributed by atoms with E-state index in [4.69, 9.17) is 0 Å². The Morgan fingerprint density at radius 2 is 1.82 bits per heavy atom. The first kappa shape index (κ1) is 22.6. The summed E-state index contributed by atoms with van der Waals surface area (Å²) in [6.45, 7) is 2.46. The molecule has 0 spiro atoms. The van der Waals surface area contributed by atoms with Gasteiger partial charge in [-0.2, -0.15) is 10.2 Å². The Hall–Kier alpha value is -3.14. The molecule has 0 saturated carbocycles. The Bertz CT molecular complexity index is 1240. The molecule has 10 heteroatoms. The minimum Gasteiger partial charge on any atom is -0.340 e. The molecule has 1 aromatic carbocycles. The second-order valence-corrected chi connectivity index (χ2v) is 9.36. The van der Waals surface area contributed by atoms with Crippen LogP contribution in [0, 0.1) is 5.82 Å². The molecule has 3 aromatic rings. The largest absolute Gasteiger partial charge is 0.340 e. The van der Waals surface area contributed by atoms with E-state index in [1.165, 1.54) is 16.7 Å². The number of imidazole rings is 1. The Morgan fingerprint density at radius 1 is 1.09 bits per heavy atom. The Morgan fingerprint density at radius 3 is 2.50 bits per heavy atom. The fraction of sp³-hybridized carbons (Fsp3) is 0.500. The lowest BCUT2D eigenvalue weighted by molar-refractivity contribution is -0.148. The van der Waals surface area contributed by atoms with Gasteiger partial charge in [0.15, 0.2) is 5.67 Å². The van der Waals surface area contributed by atoms with E-state index in [1.807, 2.05) is 6.07 Å². The molecule has 0 bridgehead atoms. The standard InChI is InChI=1S/C24H28F2N6O2/c1-29-21-14-18(25)2-3-20(21)32(23(29)34)19-5-10-31(11-6-19)22(33)24(26)7-12-30(13-8-24)16-17-4-9-27-28-15-17/h2-4,9,14-15,19H,5-8,10-13,16H2,1H3. The van der Waals surface area contributed by atoms with Crippen LogP contribution < -0.4 is 5.69 Å². The summed E-state index contributed by atoms with van der Waals surface area (Å²) in [6, 6.07) is 6.10. The molecule has 2 aromatic heterocycles. The van der Waals surface area contributed by atoms with E-state index >= 15 is 4.39 Å². The third kappa shape index (κ3) is 4.11. The van der Waals surface area contributed by atoms with Crippen LogP contribution in [0.3, 0.4) is 0 Å². The molecule has 0 radical (unpaired) electrons. The molecular formula is C24H28F2N6O2. The number of hydrogen-bond donors (Lipinski definition) is 0. The highest BCUT2D eigenvalue weighted by atomic mass is 19.1. The molecule has 34 heavy (non-hydrogen) atoms. The maximum Gasteiger partial charge on any atom is 0.329 e. The molecule has 2 aliphatic heterocycles. The van der Waals surface area contributed by atoms with E-state index in [9.17, 15) is 14.0 Å². The zero-order valence-corrected chi connectivity index (χ0v) is 19.2. The Labute approximate surface area is 195 Å². The van der Waals surface area contributed by atoms with Gasteiger partial charge in [0.05, 0.1) is 17.2 Å². The summed E-state index contributed by atoms with van der Waals surface area (Å²) in [5, 5.41) is 7.64. The van der Waals surface area contributed by atoms with E-state index in [0.29, 0.717) is 56.6 Å². The van der Waals surface area contributed by atoms with Gasteiger partial charge in [0.2, 0.25) is 0 Å². The predicted octanol–water partition coefficient (Wildman–Crippen LogP) is 2.44. The minimum atomic E-state index is -1.85. The van der Waals surface area contributed by atoms with E-state index in [1.54, 1.807) is 35.0 Å².